The molecule has 0 aromatic carbocycles. The van der Waals surface area contributed by atoms with E-state index in [0.29, 0.717) is 0 Å². The molecule has 0 rings (SSSR count). The second kappa shape index (κ2) is 11.2. The molecule has 0 radical (unpaired) electrons. The Morgan fingerprint density at radius 2 is 1.32 bits per heavy atom. The fourth-order valence-electron chi connectivity index (χ4n) is 0.847. The third kappa shape index (κ3) is 11.0. The number of rotatable bonds is 10. The molecule has 2 atom stereocenters. The molecule has 0 saturated heterocycles. The molecule has 0 saturated carbocycles. The predicted octanol–water partition coefficient (Wildman–Crippen LogP) is -5.96. The van der Waals surface area contributed by atoms with Crippen LogP contribution in [0.2, 0.25) is 0 Å². The van der Waals surface area contributed by atoms with Gasteiger partial charge in [-0.15, -0.1) is 0 Å². The maximum Gasteiger partial charge on any atom is 1.00 e. The first-order chi connectivity index (χ1) is 8.34. The molecule has 0 aromatic rings. The first kappa shape index (κ1) is 20.7. The van der Waals surface area contributed by atoms with Crippen LogP contribution >= 0.6 is 0 Å². The van der Waals surface area contributed by atoms with Gasteiger partial charge in [-0.25, -0.2) is 9.59 Å². The van der Waals surface area contributed by atoms with E-state index in [9.17, 15) is 14.6 Å². The zero-order valence-electron chi connectivity index (χ0n) is 10.4. The Balaban J connectivity index is 0. The van der Waals surface area contributed by atoms with Crippen LogP contribution in [0.5, 0.6) is 0 Å². The Kier molecular flexibility index (Phi) is 12.3. The second-order valence-electron chi connectivity index (χ2n) is 3.32. The van der Waals surface area contributed by atoms with Gasteiger partial charge in [-0.2, -0.15) is 0 Å². The Labute approximate surface area is 121 Å². The van der Waals surface area contributed by atoms with E-state index >= 15 is 0 Å². The van der Waals surface area contributed by atoms with E-state index in [1.54, 1.807) is 0 Å². The van der Waals surface area contributed by atoms with Crippen LogP contribution < -0.4 is 23.9 Å². The number of hydrogen-bond acceptors (Lipinski definition) is 7. The molecular weight excluding hydrogens is 258 g/mol. The molecule has 9 nitrogen and oxygen atoms in total. The summed E-state index contributed by atoms with van der Waals surface area (Å²) in [6, 6.07) is 0. The summed E-state index contributed by atoms with van der Waals surface area (Å²) in [7, 11) is -1.92. The third-order valence-electron chi connectivity index (χ3n) is 1.86. The average molecular weight is 272 g/mol. The fraction of sp³-hybridized carbons (Fsp3) is 0.750. The van der Waals surface area contributed by atoms with Gasteiger partial charge < -0.3 is 34.8 Å². The van der Waals surface area contributed by atoms with Gasteiger partial charge in [0.25, 0.3) is 0 Å². The quantitative estimate of drug-likeness (QED) is 0.284. The van der Waals surface area contributed by atoms with Crippen LogP contribution in [0.3, 0.4) is 0 Å². The van der Waals surface area contributed by atoms with Gasteiger partial charge in [0.2, 0.25) is 0 Å². The van der Waals surface area contributed by atoms with Crippen molar-refractivity contribution in [2.75, 3.05) is 13.2 Å². The van der Waals surface area contributed by atoms with Crippen LogP contribution in [0.1, 0.15) is 12.8 Å². The van der Waals surface area contributed by atoms with Crippen LogP contribution in [-0.2, 0) is 18.9 Å². The number of hydrogen-bond donors (Lipinski definition) is 4. The van der Waals surface area contributed by atoms with Crippen LogP contribution in [0.25, 0.3) is 0 Å². The molecule has 0 bridgehead atoms. The predicted molar refractivity (Wildman–Crippen MR) is 54.2 cm³/mol. The van der Waals surface area contributed by atoms with E-state index in [1.807, 2.05) is 0 Å². The smallest absolute Gasteiger partial charge is 0.832 e. The molecular formula is C8H14BLiO9. The number of aliphatic hydroxyl groups excluding tert-OH is 2. The van der Waals surface area contributed by atoms with Crippen LogP contribution in [0, 0.1) is 0 Å². The van der Waals surface area contributed by atoms with Gasteiger partial charge in [-0.05, 0) is 0 Å². The maximum atomic E-state index is 10.9. The molecule has 0 aliphatic carbocycles. The van der Waals surface area contributed by atoms with Gasteiger partial charge in [0.15, 0.2) is 12.2 Å². The Morgan fingerprint density at radius 1 is 1.00 bits per heavy atom. The number of carboxylic acid groups (broad SMARTS) is 2. The van der Waals surface area contributed by atoms with E-state index in [-0.39, 0.29) is 44.9 Å². The maximum absolute atomic E-state index is 10.9. The molecule has 0 aliphatic rings. The molecule has 0 spiro atoms. The molecule has 19 heavy (non-hydrogen) atoms. The molecule has 0 aliphatic heterocycles. The Bertz CT molecular complexity index is 251. The van der Waals surface area contributed by atoms with Crippen LogP contribution in [-0.4, -0.2) is 65.1 Å². The molecule has 4 N–H and O–H groups in total. The standard InChI is InChI=1S/C8H14BO9.Li/c10-5(7(12)13)1-3-17-9(16)18-4-2-6(11)8(14)15;/h5-6,10-11H,1-4H2,(H,12,13)(H,14,15);/q-1;+1. The molecule has 0 heterocycles. The molecule has 2 unspecified atom stereocenters. The number of carboxylic acids is 2. The largest absolute Gasteiger partial charge is 1.00 e. The van der Waals surface area contributed by atoms with Crippen molar-refractivity contribution in [2.45, 2.75) is 25.0 Å². The van der Waals surface area contributed by atoms with Gasteiger partial charge in [0, 0.05) is 26.1 Å². The average Bonchev–Trinajstić information content (AvgIpc) is 2.28. The normalized spacial score (nSPS) is 13.2. The van der Waals surface area contributed by atoms with E-state index in [0.717, 1.165) is 0 Å². The third-order valence-corrected chi connectivity index (χ3v) is 1.86. The zero-order valence-corrected chi connectivity index (χ0v) is 10.4. The number of aliphatic carboxylic acids is 2. The molecule has 0 fully saturated rings. The van der Waals surface area contributed by atoms with E-state index in [1.165, 1.54) is 0 Å². The van der Waals surface area contributed by atoms with E-state index in [4.69, 9.17) is 20.4 Å². The van der Waals surface area contributed by atoms with Gasteiger partial charge in [-0.3, -0.25) is 0 Å². The summed E-state index contributed by atoms with van der Waals surface area (Å²) in [4.78, 5) is 20.4. The number of carbonyl (C=O) groups is 2. The summed E-state index contributed by atoms with van der Waals surface area (Å²) in [6.07, 6.45) is -3.78. The molecule has 0 amide bonds. The van der Waals surface area contributed by atoms with E-state index in [2.05, 4.69) is 9.31 Å². The van der Waals surface area contributed by atoms with Gasteiger partial charge in [0.05, 0.1) is 0 Å². The SMILES string of the molecule is O=C(O)C(O)CCOB([O-])OCCC(O)C(=O)O.[Li+]. The summed E-state index contributed by atoms with van der Waals surface area (Å²) in [5.41, 5.74) is 0. The van der Waals surface area contributed by atoms with Crippen molar-refractivity contribution < 1.29 is 63.2 Å². The van der Waals surface area contributed by atoms with E-state index < -0.39 is 31.5 Å². The van der Waals surface area contributed by atoms with Crippen molar-refractivity contribution in [1.82, 2.24) is 0 Å². The van der Waals surface area contributed by atoms with Crippen molar-refractivity contribution in [3.05, 3.63) is 0 Å². The van der Waals surface area contributed by atoms with Crippen molar-refractivity contribution in [3.8, 4) is 0 Å². The van der Waals surface area contributed by atoms with Crippen molar-refractivity contribution in [3.63, 3.8) is 0 Å². The molecule has 104 valence electrons. The minimum atomic E-state index is -1.92. The Hall–Kier alpha value is -0.598. The van der Waals surface area contributed by atoms with Crippen molar-refractivity contribution >= 4 is 19.3 Å². The summed E-state index contributed by atoms with van der Waals surface area (Å²) in [5.74, 6) is -2.85. The van der Waals surface area contributed by atoms with Crippen molar-refractivity contribution in [1.29, 1.82) is 0 Å². The summed E-state index contributed by atoms with van der Waals surface area (Å²) in [5, 5.41) is 45.2. The topological polar surface area (TPSA) is 157 Å². The van der Waals surface area contributed by atoms with Gasteiger partial charge in [0.1, 0.15) is 0 Å². The van der Waals surface area contributed by atoms with Gasteiger partial charge >= 0.3 is 38.1 Å². The van der Waals surface area contributed by atoms with Crippen LogP contribution in [0.4, 0.5) is 0 Å². The monoisotopic (exact) mass is 272 g/mol. The van der Waals surface area contributed by atoms with Gasteiger partial charge in [-0.1, -0.05) is 0 Å². The molecule has 0 aromatic heterocycles. The number of aliphatic hydroxyl groups is 2. The van der Waals surface area contributed by atoms with Crippen molar-refractivity contribution in [2.24, 2.45) is 0 Å². The van der Waals surface area contributed by atoms with Crippen LogP contribution in [0.15, 0.2) is 0 Å². The summed E-state index contributed by atoms with van der Waals surface area (Å²) >= 11 is 0. The zero-order chi connectivity index (χ0) is 14.1. The summed E-state index contributed by atoms with van der Waals surface area (Å²) in [6.45, 7) is -0.633. The first-order valence-electron chi connectivity index (χ1n) is 5.05. The fourth-order valence-corrected chi connectivity index (χ4v) is 0.847. The minimum Gasteiger partial charge on any atom is -0.832 e. The summed E-state index contributed by atoms with van der Waals surface area (Å²) < 4.78 is 8.95. The minimum absolute atomic E-state index is 0. The Morgan fingerprint density at radius 3 is 1.58 bits per heavy atom. The second-order valence-corrected chi connectivity index (χ2v) is 3.32. The molecule has 11 heteroatoms. The first-order valence-corrected chi connectivity index (χ1v) is 5.05.